The Bertz CT molecular complexity index is 2550. The van der Waals surface area contributed by atoms with Gasteiger partial charge >= 0.3 is 0 Å². The number of benzene rings is 4. The number of aromatic nitrogens is 5. The van der Waals surface area contributed by atoms with Gasteiger partial charge in [-0.3, -0.25) is 19.6 Å². The molecule has 346 valence electrons. The zero-order valence-corrected chi connectivity index (χ0v) is 38.1. The van der Waals surface area contributed by atoms with E-state index in [2.05, 4.69) is 80.9 Å². The van der Waals surface area contributed by atoms with Crippen molar-refractivity contribution in [3.05, 3.63) is 138 Å². The third kappa shape index (κ3) is 15.1. The van der Waals surface area contributed by atoms with E-state index in [9.17, 15) is 22.6 Å². The molecular weight excluding hydrogens is 859 g/mol. The predicted octanol–water partition coefficient (Wildman–Crippen LogP) is 7.74. The smallest absolute Gasteiger partial charge is 0.295 e. The molecule has 4 N–H and O–H groups in total. The van der Waals surface area contributed by atoms with Crippen molar-refractivity contribution in [2.45, 2.75) is 75.6 Å². The predicted molar refractivity (Wildman–Crippen MR) is 254 cm³/mol. The first kappa shape index (κ1) is 48.6. The van der Waals surface area contributed by atoms with Crippen LogP contribution in [0.4, 0.5) is 5.69 Å². The van der Waals surface area contributed by atoms with Crippen LogP contribution in [0.25, 0.3) is 22.4 Å². The summed E-state index contributed by atoms with van der Waals surface area (Å²) in [6.07, 6.45) is 6.13. The molecule has 2 heterocycles. The van der Waals surface area contributed by atoms with Gasteiger partial charge in [-0.25, -0.2) is 9.67 Å². The van der Waals surface area contributed by atoms with E-state index in [1.807, 2.05) is 42.5 Å². The minimum Gasteiger partial charge on any atom is -0.478 e. The Morgan fingerprint density at radius 3 is 2.18 bits per heavy atom. The lowest BCUT2D eigenvalue weighted by Gasteiger charge is -2.23. The molecule has 2 aromatic heterocycles. The second-order valence-electron chi connectivity index (χ2n) is 16.2. The Balaban J connectivity index is 0.804. The van der Waals surface area contributed by atoms with Crippen LogP contribution in [-0.4, -0.2) is 89.1 Å². The lowest BCUT2D eigenvalue weighted by Crippen LogP contribution is -2.27. The first-order valence-electron chi connectivity index (χ1n) is 22.1. The molecule has 66 heavy (non-hydrogen) atoms. The average Bonchev–Trinajstić information content (AvgIpc) is 3.81. The van der Waals surface area contributed by atoms with Gasteiger partial charge in [0, 0.05) is 67.4 Å². The zero-order chi connectivity index (χ0) is 46.6. The van der Waals surface area contributed by atoms with E-state index in [1.165, 1.54) is 24.4 Å². The molecule has 0 aliphatic carbocycles. The van der Waals surface area contributed by atoms with Crippen molar-refractivity contribution in [1.82, 2.24) is 35.8 Å². The van der Waals surface area contributed by atoms with Gasteiger partial charge in [0.2, 0.25) is 11.8 Å². The quantitative estimate of drug-likeness (QED) is 0.0178. The van der Waals surface area contributed by atoms with Crippen LogP contribution < -0.4 is 20.8 Å². The standard InChI is InChI=1S/C49H57N9O7S/c1-49(2,27-11-12-33-65-46-35-41(37-16-5-3-6-17-37)34-43(53-46)38-18-7-4-8-19-38)48-55-56-57-58(48)30-13-22-45(59)50-28-14-31-64-32-15-29-51-47(60)39-23-25-42(26-24-39)54-52-36-40-20-9-10-21-44(40)66(61,62)63/h3-10,16-21,23-26,34-36,54H,11-15,22,27-33H2,1-2H3,(H,50,59)(H,51,60)(H,61,62,63)/b52-36+. The van der Waals surface area contributed by atoms with Crippen molar-refractivity contribution in [3.63, 3.8) is 0 Å². The molecule has 0 saturated heterocycles. The van der Waals surface area contributed by atoms with E-state index >= 15 is 0 Å². The van der Waals surface area contributed by atoms with Crippen LogP contribution in [0.3, 0.4) is 0 Å². The zero-order valence-electron chi connectivity index (χ0n) is 37.3. The highest BCUT2D eigenvalue weighted by atomic mass is 32.2. The highest BCUT2D eigenvalue weighted by molar-refractivity contribution is 7.86. The van der Waals surface area contributed by atoms with Gasteiger partial charge in [-0.2, -0.15) is 13.5 Å². The van der Waals surface area contributed by atoms with Crippen LogP contribution in [0.5, 0.6) is 5.88 Å². The monoisotopic (exact) mass is 915 g/mol. The van der Waals surface area contributed by atoms with Gasteiger partial charge in [0.1, 0.15) is 4.90 Å². The number of carbonyl (C=O) groups is 2. The van der Waals surface area contributed by atoms with Crippen molar-refractivity contribution in [3.8, 4) is 28.3 Å². The summed E-state index contributed by atoms with van der Waals surface area (Å²) in [4.78, 5) is 29.7. The molecule has 0 aliphatic rings. The van der Waals surface area contributed by atoms with Crippen LogP contribution in [0.2, 0.25) is 0 Å². The number of carbonyl (C=O) groups excluding carboxylic acids is 2. The van der Waals surface area contributed by atoms with Gasteiger partial charge in [-0.1, -0.05) is 92.7 Å². The molecule has 0 fully saturated rings. The van der Waals surface area contributed by atoms with Crippen molar-refractivity contribution in [2.75, 3.05) is 38.3 Å². The van der Waals surface area contributed by atoms with Crippen LogP contribution in [0, 0.1) is 0 Å². The fourth-order valence-electron chi connectivity index (χ4n) is 7.09. The Morgan fingerprint density at radius 1 is 0.773 bits per heavy atom. The van der Waals surface area contributed by atoms with E-state index in [1.54, 1.807) is 35.0 Å². The van der Waals surface area contributed by atoms with Crippen molar-refractivity contribution >= 4 is 33.8 Å². The number of amides is 2. The highest BCUT2D eigenvalue weighted by Crippen LogP contribution is 2.30. The normalized spacial score (nSPS) is 11.7. The lowest BCUT2D eigenvalue weighted by atomic mass is 9.86. The molecule has 0 radical (unpaired) electrons. The Kier molecular flexibility index (Phi) is 18.0. The number of tetrazole rings is 1. The third-order valence-corrected chi connectivity index (χ3v) is 11.5. The number of unbranched alkanes of at least 4 members (excludes halogenated alkanes) is 1. The summed E-state index contributed by atoms with van der Waals surface area (Å²) in [6, 6.07) is 37.0. The number of hydrazone groups is 1. The van der Waals surface area contributed by atoms with Crippen LogP contribution in [-0.2, 0) is 31.6 Å². The molecule has 0 atom stereocenters. The van der Waals surface area contributed by atoms with Crippen LogP contribution in [0.1, 0.15) is 80.5 Å². The molecule has 16 nitrogen and oxygen atoms in total. The number of ether oxygens (including phenoxy) is 2. The van der Waals surface area contributed by atoms with Crippen molar-refractivity contribution < 1.29 is 32.0 Å². The van der Waals surface area contributed by atoms with Gasteiger partial charge in [0.25, 0.3) is 16.0 Å². The summed E-state index contributed by atoms with van der Waals surface area (Å²) in [5.41, 5.74) is 7.83. The summed E-state index contributed by atoms with van der Waals surface area (Å²) >= 11 is 0. The SMILES string of the molecule is CC(C)(CCCCOc1cc(-c2ccccc2)cc(-c2ccccc2)n1)c1nnnn1CCCC(=O)NCCCOCCCNC(=O)c1ccc(N/N=C/c2ccccc2S(=O)(=O)O)cc1. The molecule has 0 aliphatic heterocycles. The maximum absolute atomic E-state index is 12.6. The van der Waals surface area contributed by atoms with Gasteiger partial charge in [-0.15, -0.1) is 5.10 Å². The maximum atomic E-state index is 12.6. The van der Waals surface area contributed by atoms with Crippen LogP contribution in [0.15, 0.2) is 131 Å². The number of hydrogen-bond donors (Lipinski definition) is 4. The number of pyridine rings is 1. The van der Waals surface area contributed by atoms with Gasteiger partial charge in [0.05, 0.1) is 24.2 Å². The second-order valence-corrected chi connectivity index (χ2v) is 17.6. The molecule has 6 rings (SSSR count). The average molecular weight is 916 g/mol. The molecular formula is C49H57N9O7S. The summed E-state index contributed by atoms with van der Waals surface area (Å²) in [6.45, 7) is 7.22. The summed E-state index contributed by atoms with van der Waals surface area (Å²) in [7, 11) is -4.38. The van der Waals surface area contributed by atoms with Crippen molar-refractivity contribution in [1.29, 1.82) is 0 Å². The molecule has 2 amide bonds. The number of aryl methyl sites for hydroxylation is 1. The lowest BCUT2D eigenvalue weighted by molar-refractivity contribution is -0.121. The van der Waals surface area contributed by atoms with Gasteiger partial charge in [-0.05, 0) is 96.5 Å². The Labute approximate surface area is 386 Å². The number of nitrogens with zero attached hydrogens (tertiary/aromatic N) is 6. The molecule has 0 unspecified atom stereocenters. The van der Waals surface area contributed by atoms with E-state index < -0.39 is 10.1 Å². The molecule has 6 aromatic rings. The van der Waals surface area contributed by atoms with Crippen LogP contribution >= 0.6 is 0 Å². The largest absolute Gasteiger partial charge is 0.478 e. The summed E-state index contributed by atoms with van der Waals surface area (Å²) in [5.74, 6) is 1.12. The molecule has 17 heteroatoms. The molecule has 0 saturated carbocycles. The highest BCUT2D eigenvalue weighted by Gasteiger charge is 2.27. The first-order valence-corrected chi connectivity index (χ1v) is 23.5. The molecule has 0 bridgehead atoms. The maximum Gasteiger partial charge on any atom is 0.295 e. The first-order chi connectivity index (χ1) is 32.0. The van der Waals surface area contributed by atoms with Gasteiger partial charge < -0.3 is 20.1 Å². The van der Waals surface area contributed by atoms with E-state index in [-0.39, 0.29) is 27.7 Å². The topological polar surface area (TPSA) is 212 Å². The molecule has 4 aromatic carbocycles. The summed E-state index contributed by atoms with van der Waals surface area (Å²) in [5, 5.41) is 22.4. The second kappa shape index (κ2) is 24.5. The fraction of sp³-hybridized carbons (Fsp3) is 0.327. The van der Waals surface area contributed by atoms with E-state index in [0.717, 1.165) is 47.5 Å². The van der Waals surface area contributed by atoms with E-state index in [4.69, 9.17) is 14.5 Å². The Morgan fingerprint density at radius 2 is 1.45 bits per heavy atom. The van der Waals surface area contributed by atoms with Crippen molar-refractivity contribution in [2.24, 2.45) is 5.10 Å². The molecule has 0 spiro atoms. The fourth-order valence-corrected chi connectivity index (χ4v) is 7.75. The number of anilines is 1. The minimum atomic E-state index is -4.38. The number of rotatable bonds is 26. The van der Waals surface area contributed by atoms with Gasteiger partial charge in [0.15, 0.2) is 5.82 Å². The summed E-state index contributed by atoms with van der Waals surface area (Å²) < 4.78 is 46.2. The number of hydrogen-bond acceptors (Lipinski definition) is 12. The third-order valence-electron chi connectivity index (χ3n) is 10.6. The number of nitrogens with one attached hydrogen (secondary N) is 3. The Hall–Kier alpha value is -6.82. The minimum absolute atomic E-state index is 0.0377. The van der Waals surface area contributed by atoms with E-state index in [0.29, 0.717) is 82.3 Å².